The van der Waals surface area contributed by atoms with Crippen molar-refractivity contribution in [3.8, 4) is 11.5 Å². The molecule has 9 nitrogen and oxygen atoms in total. The molecule has 0 aromatic heterocycles. The molecule has 0 fully saturated rings. The minimum absolute atomic E-state index is 0.401. The van der Waals surface area contributed by atoms with Crippen molar-refractivity contribution in [2.24, 2.45) is 0 Å². The molecule has 33 heavy (non-hydrogen) atoms. The summed E-state index contributed by atoms with van der Waals surface area (Å²) < 4.78 is 21.7. The number of alkyl carbamates (subject to hydrolysis) is 2. The summed E-state index contributed by atoms with van der Waals surface area (Å²) in [5.41, 5.74) is 5.38. The minimum atomic E-state index is -0.523. The van der Waals surface area contributed by atoms with Crippen LogP contribution in [-0.4, -0.2) is 49.7 Å². The van der Waals surface area contributed by atoms with Gasteiger partial charge in [-0.1, -0.05) is 13.8 Å². The van der Waals surface area contributed by atoms with E-state index in [1.54, 1.807) is 18.2 Å². The molecule has 0 unspecified atom stereocenters. The van der Waals surface area contributed by atoms with Crippen molar-refractivity contribution in [2.75, 3.05) is 32.0 Å². The van der Waals surface area contributed by atoms with Crippen LogP contribution in [0.2, 0.25) is 0 Å². The Morgan fingerprint density at radius 1 is 0.758 bits per heavy atom. The molecule has 9 heteroatoms. The number of carbonyl (C=O) groups is 2. The fourth-order valence-electron chi connectivity index (χ4n) is 2.29. The van der Waals surface area contributed by atoms with E-state index in [-0.39, 0.29) is 0 Å². The Kier molecular flexibility index (Phi) is 13.8. The van der Waals surface area contributed by atoms with E-state index in [1.807, 2.05) is 55.4 Å². The molecule has 0 radical (unpaired) electrons. The zero-order valence-electron chi connectivity index (χ0n) is 21.5. The average molecular weight is 470 g/mol. The van der Waals surface area contributed by atoms with Gasteiger partial charge in [-0.2, -0.15) is 0 Å². The molecule has 0 bridgehead atoms. The lowest BCUT2D eigenvalue weighted by molar-refractivity contribution is 0.0514. The summed E-state index contributed by atoms with van der Waals surface area (Å²) in [7, 11) is 0. The quantitative estimate of drug-likeness (QED) is 0.330. The summed E-state index contributed by atoms with van der Waals surface area (Å²) in [5, 5.41) is 5.36. The van der Waals surface area contributed by atoms with Gasteiger partial charge in [0.15, 0.2) is 0 Å². The maximum Gasteiger partial charge on any atom is 0.407 e. The number of benzene rings is 1. The second kappa shape index (κ2) is 15.1. The average Bonchev–Trinajstić information content (AvgIpc) is 2.66. The Morgan fingerprint density at radius 3 is 1.45 bits per heavy atom. The highest BCUT2D eigenvalue weighted by Gasteiger charge is 2.16. The van der Waals surface area contributed by atoms with Crippen LogP contribution in [0.5, 0.6) is 11.5 Å². The summed E-state index contributed by atoms with van der Waals surface area (Å²) in [4.78, 5) is 23.2. The molecule has 0 atom stereocenters. The molecule has 0 aliphatic heterocycles. The third-order valence-electron chi connectivity index (χ3n) is 3.42. The van der Waals surface area contributed by atoms with Gasteiger partial charge in [-0.3, -0.25) is 0 Å². The van der Waals surface area contributed by atoms with E-state index in [2.05, 4.69) is 10.6 Å². The topological polar surface area (TPSA) is 121 Å². The predicted molar refractivity (Wildman–Crippen MR) is 131 cm³/mol. The van der Waals surface area contributed by atoms with Crippen LogP contribution < -0.4 is 25.8 Å². The lowest BCUT2D eigenvalue weighted by Gasteiger charge is -2.19. The van der Waals surface area contributed by atoms with Crippen molar-refractivity contribution < 1.29 is 28.5 Å². The first-order valence-electron chi connectivity index (χ1n) is 11.4. The summed E-state index contributed by atoms with van der Waals surface area (Å²) in [6.07, 6.45) is 0.322. The largest absolute Gasteiger partial charge is 0.493 e. The number of amides is 2. The van der Waals surface area contributed by atoms with Crippen LogP contribution in [0.15, 0.2) is 18.2 Å². The van der Waals surface area contributed by atoms with Gasteiger partial charge in [-0.15, -0.1) is 0 Å². The van der Waals surface area contributed by atoms with Gasteiger partial charge in [0.2, 0.25) is 0 Å². The first-order chi connectivity index (χ1) is 15.3. The van der Waals surface area contributed by atoms with E-state index >= 15 is 0 Å². The number of carbonyl (C=O) groups excluding carboxylic acids is 2. The number of hydrogen-bond donors (Lipinski definition) is 3. The lowest BCUT2D eigenvalue weighted by atomic mass is 10.2. The summed E-state index contributed by atoms with van der Waals surface area (Å²) in [5.74, 6) is 1.17. The van der Waals surface area contributed by atoms with Crippen molar-refractivity contribution >= 4 is 17.9 Å². The van der Waals surface area contributed by atoms with E-state index in [9.17, 15) is 9.59 Å². The maximum absolute atomic E-state index is 11.6. The molecular weight excluding hydrogens is 426 g/mol. The molecule has 0 saturated carbocycles. The van der Waals surface area contributed by atoms with Gasteiger partial charge < -0.3 is 35.3 Å². The van der Waals surface area contributed by atoms with Crippen molar-refractivity contribution in [3.05, 3.63) is 18.2 Å². The van der Waals surface area contributed by atoms with E-state index in [0.29, 0.717) is 56.3 Å². The molecule has 1 aromatic rings. The van der Waals surface area contributed by atoms with Gasteiger partial charge in [0, 0.05) is 37.0 Å². The van der Waals surface area contributed by atoms with Crippen LogP contribution in [0.25, 0.3) is 0 Å². The van der Waals surface area contributed by atoms with Crippen LogP contribution in [0.3, 0.4) is 0 Å². The number of ether oxygens (including phenoxy) is 4. The number of nitrogens with two attached hydrogens (primary N) is 1. The SMILES string of the molecule is CC.CC(C)(C)OC(=O)NCCCOc1cc(N)cc(OCCCNC(=O)OC(C)(C)C)c1. The van der Waals surface area contributed by atoms with Crippen molar-refractivity contribution in [1.29, 1.82) is 0 Å². The van der Waals surface area contributed by atoms with Crippen LogP contribution in [0.1, 0.15) is 68.2 Å². The van der Waals surface area contributed by atoms with E-state index in [0.717, 1.165) is 0 Å². The van der Waals surface area contributed by atoms with Gasteiger partial charge in [-0.25, -0.2) is 9.59 Å². The highest BCUT2D eigenvalue weighted by molar-refractivity contribution is 5.67. The third-order valence-corrected chi connectivity index (χ3v) is 3.42. The second-order valence-electron chi connectivity index (χ2n) is 9.00. The molecule has 0 saturated heterocycles. The van der Waals surface area contributed by atoms with Crippen molar-refractivity contribution in [2.45, 2.75) is 79.4 Å². The Hall–Kier alpha value is -2.84. The Labute approximate surface area is 198 Å². The molecule has 0 aliphatic carbocycles. The summed E-state index contributed by atoms with van der Waals surface area (Å²) in [6, 6.07) is 5.16. The Balaban J connectivity index is 0.00000497. The second-order valence-corrected chi connectivity index (χ2v) is 9.00. The van der Waals surface area contributed by atoms with E-state index in [4.69, 9.17) is 24.7 Å². The lowest BCUT2D eigenvalue weighted by Crippen LogP contribution is -2.33. The standard InChI is InChI=1S/C22H37N3O6.C2H6/c1-21(2,3)30-19(26)24-9-7-11-28-17-13-16(23)14-18(15-17)29-12-8-10-25-20(27)31-22(4,5)6;1-2/h13-15H,7-12,23H2,1-6H3,(H,24,26)(H,25,27);1-2H3. The normalized spacial score (nSPS) is 10.9. The first-order valence-corrected chi connectivity index (χ1v) is 11.4. The van der Waals surface area contributed by atoms with Crippen LogP contribution in [-0.2, 0) is 9.47 Å². The van der Waals surface area contributed by atoms with Crippen LogP contribution in [0, 0.1) is 0 Å². The van der Waals surface area contributed by atoms with Crippen LogP contribution >= 0.6 is 0 Å². The van der Waals surface area contributed by atoms with Gasteiger partial charge in [0.25, 0.3) is 0 Å². The molecule has 1 rings (SSSR count). The zero-order chi connectivity index (χ0) is 25.5. The van der Waals surface area contributed by atoms with Gasteiger partial charge >= 0.3 is 12.2 Å². The van der Waals surface area contributed by atoms with Gasteiger partial charge in [0.1, 0.15) is 22.7 Å². The Bertz CT molecular complexity index is 655. The molecular formula is C24H43N3O6. The third kappa shape index (κ3) is 17.4. The first kappa shape index (κ1) is 30.2. The smallest absolute Gasteiger partial charge is 0.407 e. The zero-order valence-corrected chi connectivity index (χ0v) is 21.5. The number of nitrogen functional groups attached to an aromatic ring is 1. The highest BCUT2D eigenvalue weighted by atomic mass is 16.6. The Morgan fingerprint density at radius 2 is 1.12 bits per heavy atom. The molecule has 0 aliphatic rings. The number of hydrogen-bond acceptors (Lipinski definition) is 7. The van der Waals surface area contributed by atoms with Crippen molar-refractivity contribution in [3.63, 3.8) is 0 Å². The molecule has 4 N–H and O–H groups in total. The van der Waals surface area contributed by atoms with E-state index < -0.39 is 23.4 Å². The number of rotatable bonds is 10. The molecule has 0 heterocycles. The fourth-order valence-corrected chi connectivity index (χ4v) is 2.29. The van der Waals surface area contributed by atoms with E-state index in [1.165, 1.54) is 0 Å². The molecule has 2 amide bonds. The molecule has 190 valence electrons. The van der Waals surface area contributed by atoms with Gasteiger partial charge in [0.05, 0.1) is 13.2 Å². The molecule has 0 spiro atoms. The minimum Gasteiger partial charge on any atom is -0.493 e. The number of anilines is 1. The summed E-state index contributed by atoms with van der Waals surface area (Å²) in [6.45, 7) is 16.5. The monoisotopic (exact) mass is 469 g/mol. The molecule has 1 aromatic carbocycles. The van der Waals surface area contributed by atoms with Crippen LogP contribution in [0.4, 0.5) is 15.3 Å². The maximum atomic E-state index is 11.6. The summed E-state index contributed by atoms with van der Waals surface area (Å²) >= 11 is 0. The fraction of sp³-hybridized carbons (Fsp3) is 0.667. The number of nitrogens with one attached hydrogen (secondary N) is 2. The van der Waals surface area contributed by atoms with Gasteiger partial charge in [-0.05, 0) is 54.4 Å². The van der Waals surface area contributed by atoms with Crippen molar-refractivity contribution in [1.82, 2.24) is 10.6 Å². The predicted octanol–water partition coefficient (Wildman–Crippen LogP) is 4.88. The highest BCUT2D eigenvalue weighted by Crippen LogP contribution is 2.24.